The van der Waals surface area contributed by atoms with E-state index in [1.54, 1.807) is 6.92 Å². The number of Topliss-reactive ketones (excluding diaryl/α,β-unsaturated/α-hetero) is 1. The Hall–Kier alpha value is -1.71. The number of ether oxygens (including phenoxy) is 1. The monoisotopic (exact) mass is 398 g/mol. The van der Waals surface area contributed by atoms with E-state index in [4.69, 9.17) is 4.74 Å². The average molecular weight is 399 g/mol. The van der Waals surface area contributed by atoms with Gasteiger partial charge in [-0.05, 0) is 87.2 Å². The molecular formula is C25H34O4. The third kappa shape index (κ3) is 2.89. The molecule has 0 heterocycles. The van der Waals surface area contributed by atoms with Crippen molar-refractivity contribution in [2.75, 3.05) is 0 Å². The van der Waals surface area contributed by atoms with Gasteiger partial charge in [-0.3, -0.25) is 14.4 Å². The van der Waals surface area contributed by atoms with E-state index in [0.29, 0.717) is 42.9 Å². The molecule has 0 radical (unpaired) electrons. The number of carbonyl (C=O) groups excluding carboxylic acids is 3. The Bertz CT molecular complexity index is 793. The summed E-state index contributed by atoms with van der Waals surface area (Å²) in [7, 11) is 0. The van der Waals surface area contributed by atoms with Gasteiger partial charge in [0.25, 0.3) is 0 Å². The molecule has 4 nitrogen and oxygen atoms in total. The molecule has 4 aliphatic carbocycles. The highest BCUT2D eigenvalue weighted by Crippen LogP contribution is 2.67. The van der Waals surface area contributed by atoms with Gasteiger partial charge in [0.05, 0.1) is 0 Å². The molecule has 4 rings (SSSR count). The van der Waals surface area contributed by atoms with Gasteiger partial charge in [0.15, 0.2) is 17.2 Å². The highest BCUT2D eigenvalue weighted by Gasteiger charge is 2.68. The summed E-state index contributed by atoms with van der Waals surface area (Å²) in [6, 6.07) is 0. The molecular weight excluding hydrogens is 364 g/mol. The molecule has 0 spiro atoms. The summed E-state index contributed by atoms with van der Waals surface area (Å²) < 4.78 is 6.04. The van der Waals surface area contributed by atoms with Gasteiger partial charge in [-0.15, -0.1) is 0 Å². The number of fused-ring (bicyclic) bond motifs is 5. The highest BCUT2D eigenvalue weighted by molar-refractivity contribution is 5.93. The van der Waals surface area contributed by atoms with Crippen LogP contribution in [0.15, 0.2) is 23.8 Å². The third-order valence-corrected chi connectivity index (χ3v) is 8.68. The molecule has 4 aliphatic rings. The quantitative estimate of drug-likeness (QED) is 0.496. The molecule has 0 aromatic rings. The average Bonchev–Trinajstić information content (AvgIpc) is 2.89. The van der Waals surface area contributed by atoms with Crippen molar-refractivity contribution in [1.29, 1.82) is 0 Å². The number of hydrogen-bond acceptors (Lipinski definition) is 4. The van der Waals surface area contributed by atoms with Gasteiger partial charge in [-0.25, -0.2) is 0 Å². The minimum Gasteiger partial charge on any atom is -0.446 e. The normalized spacial score (nSPS) is 41.1. The van der Waals surface area contributed by atoms with Crippen molar-refractivity contribution in [2.45, 2.75) is 84.2 Å². The maximum atomic E-state index is 13.0. The van der Waals surface area contributed by atoms with Gasteiger partial charge in [0.1, 0.15) is 0 Å². The molecule has 5 unspecified atom stereocenters. The first kappa shape index (κ1) is 20.6. The molecule has 29 heavy (non-hydrogen) atoms. The van der Waals surface area contributed by atoms with E-state index in [0.717, 1.165) is 44.1 Å². The minimum atomic E-state index is -1.17. The number of ketones is 2. The first-order chi connectivity index (χ1) is 13.7. The van der Waals surface area contributed by atoms with Crippen molar-refractivity contribution in [3.8, 4) is 0 Å². The Morgan fingerprint density at radius 2 is 1.97 bits per heavy atom. The first-order valence-corrected chi connectivity index (χ1v) is 11.4. The second-order valence-corrected chi connectivity index (χ2v) is 10.0. The molecule has 0 bridgehead atoms. The smallest absolute Gasteiger partial charge is 0.307 e. The topological polar surface area (TPSA) is 60.4 Å². The maximum Gasteiger partial charge on any atom is 0.307 e. The highest BCUT2D eigenvalue weighted by atomic mass is 16.6. The summed E-state index contributed by atoms with van der Waals surface area (Å²) in [6.45, 7) is 9.97. The predicted molar refractivity (Wildman–Crippen MR) is 111 cm³/mol. The van der Waals surface area contributed by atoms with Crippen LogP contribution in [0.4, 0.5) is 0 Å². The molecule has 6 atom stereocenters. The molecule has 3 saturated carbocycles. The molecule has 3 fully saturated rings. The Morgan fingerprint density at radius 1 is 1.21 bits per heavy atom. The van der Waals surface area contributed by atoms with Crippen LogP contribution in [0.5, 0.6) is 0 Å². The van der Waals surface area contributed by atoms with Gasteiger partial charge < -0.3 is 4.74 Å². The summed E-state index contributed by atoms with van der Waals surface area (Å²) >= 11 is 0. The molecule has 0 N–H and O–H groups in total. The number of hydrogen-bond donors (Lipinski definition) is 0. The second-order valence-electron chi connectivity index (χ2n) is 10.0. The van der Waals surface area contributed by atoms with E-state index >= 15 is 0 Å². The van der Waals surface area contributed by atoms with Gasteiger partial charge in [0.2, 0.25) is 0 Å². The van der Waals surface area contributed by atoms with Crippen molar-refractivity contribution < 1.29 is 19.1 Å². The first-order valence-electron chi connectivity index (χ1n) is 11.4. The van der Waals surface area contributed by atoms with Crippen LogP contribution in [0.3, 0.4) is 0 Å². The Kier molecular flexibility index (Phi) is 5.11. The Labute approximate surface area is 174 Å². The fraction of sp³-hybridized carbons (Fsp3) is 0.720. The number of esters is 1. The zero-order valence-corrected chi connectivity index (χ0v) is 18.1. The van der Waals surface area contributed by atoms with Gasteiger partial charge in [-0.2, -0.15) is 0 Å². The maximum absolute atomic E-state index is 13.0. The van der Waals surface area contributed by atoms with E-state index in [2.05, 4.69) is 13.5 Å². The SMILES string of the molecule is C=C1CC2C3CCC4=CC(=O)CCC4C3CCC2(C)[C@@]1(OC(=O)CCC)C(C)=O. The Balaban J connectivity index is 1.68. The molecule has 0 aliphatic heterocycles. The van der Waals surface area contributed by atoms with Crippen LogP contribution in [-0.4, -0.2) is 23.1 Å². The molecule has 0 amide bonds. The van der Waals surface area contributed by atoms with E-state index in [9.17, 15) is 14.4 Å². The number of carbonyl (C=O) groups is 3. The van der Waals surface area contributed by atoms with E-state index in [1.807, 2.05) is 13.0 Å². The van der Waals surface area contributed by atoms with E-state index < -0.39 is 5.60 Å². The van der Waals surface area contributed by atoms with E-state index in [-0.39, 0.29) is 23.0 Å². The standard InChI is InChI=1S/C25H34O4/c1-5-6-23(28)29-25(16(3)26)15(2)13-22-21-9-7-17-14-18(27)8-10-19(17)20(21)11-12-24(22,25)4/h14,19-22H,2,5-13H2,1,3-4H3/t19?,20?,21?,22?,24?,25-/m0/s1. The lowest BCUT2D eigenvalue weighted by Crippen LogP contribution is -2.58. The summed E-state index contributed by atoms with van der Waals surface area (Å²) in [5, 5.41) is 0. The lowest BCUT2D eigenvalue weighted by Gasteiger charge is -2.55. The lowest BCUT2D eigenvalue weighted by atomic mass is 9.50. The zero-order chi connectivity index (χ0) is 21.0. The largest absolute Gasteiger partial charge is 0.446 e. The van der Waals surface area contributed by atoms with Crippen LogP contribution >= 0.6 is 0 Å². The van der Waals surface area contributed by atoms with Crippen LogP contribution in [-0.2, 0) is 19.1 Å². The molecule has 4 heteroatoms. The van der Waals surface area contributed by atoms with Crippen molar-refractivity contribution in [2.24, 2.45) is 29.1 Å². The summed E-state index contributed by atoms with van der Waals surface area (Å²) in [6.07, 6.45) is 9.30. The lowest BCUT2D eigenvalue weighted by molar-refractivity contribution is -0.182. The molecule has 0 saturated heterocycles. The third-order valence-electron chi connectivity index (χ3n) is 8.68. The van der Waals surface area contributed by atoms with Crippen molar-refractivity contribution in [3.05, 3.63) is 23.8 Å². The number of rotatable bonds is 4. The van der Waals surface area contributed by atoms with E-state index in [1.165, 1.54) is 5.57 Å². The summed E-state index contributed by atoms with van der Waals surface area (Å²) in [5.41, 5.74) is 0.595. The van der Waals surface area contributed by atoms with Gasteiger partial charge >= 0.3 is 5.97 Å². The zero-order valence-electron chi connectivity index (χ0n) is 18.1. The second kappa shape index (κ2) is 7.21. The molecule has 0 aromatic carbocycles. The Morgan fingerprint density at radius 3 is 2.66 bits per heavy atom. The van der Waals surface area contributed by atoms with Crippen LogP contribution in [0.2, 0.25) is 0 Å². The van der Waals surface area contributed by atoms with Crippen molar-refractivity contribution in [1.82, 2.24) is 0 Å². The van der Waals surface area contributed by atoms with Crippen molar-refractivity contribution >= 4 is 17.5 Å². The number of allylic oxidation sites excluding steroid dienone is 1. The van der Waals surface area contributed by atoms with Gasteiger partial charge in [-0.1, -0.05) is 26.0 Å². The van der Waals surface area contributed by atoms with Crippen LogP contribution in [0, 0.1) is 29.1 Å². The van der Waals surface area contributed by atoms with Gasteiger partial charge in [0, 0.05) is 18.3 Å². The molecule has 158 valence electrons. The predicted octanol–water partition coefficient (Wildman–Crippen LogP) is 4.97. The summed E-state index contributed by atoms with van der Waals surface area (Å²) in [4.78, 5) is 37.4. The van der Waals surface area contributed by atoms with Crippen LogP contribution in [0.25, 0.3) is 0 Å². The van der Waals surface area contributed by atoms with Crippen molar-refractivity contribution in [3.63, 3.8) is 0 Å². The fourth-order valence-electron chi connectivity index (χ4n) is 7.47. The fourth-order valence-corrected chi connectivity index (χ4v) is 7.47. The summed E-state index contributed by atoms with van der Waals surface area (Å²) in [5.74, 6) is 1.83. The van der Waals surface area contributed by atoms with Crippen LogP contribution < -0.4 is 0 Å². The van der Waals surface area contributed by atoms with Crippen LogP contribution in [0.1, 0.15) is 78.6 Å². The minimum absolute atomic E-state index is 0.0740. The molecule has 0 aromatic heterocycles.